The Labute approximate surface area is 289 Å². The van der Waals surface area contributed by atoms with Crippen LogP contribution in [0.2, 0.25) is 0 Å². The van der Waals surface area contributed by atoms with Crippen LogP contribution in [0.4, 0.5) is 0 Å². The second kappa shape index (κ2) is 11.5. The van der Waals surface area contributed by atoms with Gasteiger partial charge in [0.25, 0.3) is 0 Å². The first kappa shape index (κ1) is 29.0. The topological polar surface area (TPSA) is 81.2 Å². The van der Waals surface area contributed by atoms with Crippen LogP contribution in [0.3, 0.4) is 0 Å². The molecular weight excluding hydrogens is 611 g/mol. The van der Waals surface area contributed by atoms with E-state index in [4.69, 9.17) is 0 Å². The Balaban J connectivity index is 1.33. The molecular formula is C45H27N5. The number of rotatable bonds is 4. The number of nitriles is 3. The number of nitrogens with zero attached hydrogens (tertiary/aromatic N) is 5. The van der Waals surface area contributed by atoms with Gasteiger partial charge in [0.1, 0.15) is 6.07 Å². The predicted molar refractivity (Wildman–Crippen MR) is 200 cm³/mol. The van der Waals surface area contributed by atoms with Crippen molar-refractivity contribution >= 4 is 38.8 Å². The molecule has 0 radical (unpaired) electrons. The maximum atomic E-state index is 11.0. The number of aryl methyl sites for hydroxylation is 1. The van der Waals surface area contributed by atoms with Crippen molar-refractivity contribution in [3.8, 4) is 51.8 Å². The molecule has 6 aromatic carbocycles. The number of allylic oxidation sites excluding steroid dienone is 1. The number of para-hydroxylation sites is 3. The van der Waals surface area contributed by atoms with E-state index in [1.165, 1.54) is 10.9 Å². The van der Waals surface area contributed by atoms with Gasteiger partial charge in [0.05, 0.1) is 56.8 Å². The van der Waals surface area contributed by atoms with Gasteiger partial charge in [-0.3, -0.25) is 0 Å². The summed E-state index contributed by atoms with van der Waals surface area (Å²) in [4.78, 5) is 0. The molecule has 0 N–H and O–H groups in total. The molecule has 5 heteroatoms. The molecule has 2 heterocycles. The Morgan fingerprint density at radius 1 is 0.520 bits per heavy atom. The molecule has 5 nitrogen and oxygen atoms in total. The zero-order chi connectivity index (χ0) is 33.8. The quantitative estimate of drug-likeness (QED) is 0.193. The Hall–Kier alpha value is -7.13. The number of aromatic nitrogens is 2. The van der Waals surface area contributed by atoms with Gasteiger partial charge < -0.3 is 9.13 Å². The predicted octanol–water partition coefficient (Wildman–Crippen LogP) is 10.6. The minimum atomic E-state index is 0.492. The third kappa shape index (κ3) is 4.23. The van der Waals surface area contributed by atoms with Crippen molar-refractivity contribution in [2.75, 3.05) is 0 Å². The van der Waals surface area contributed by atoms with Crippen molar-refractivity contribution in [3.05, 3.63) is 161 Å². The van der Waals surface area contributed by atoms with Gasteiger partial charge in [0.2, 0.25) is 0 Å². The van der Waals surface area contributed by atoms with Crippen molar-refractivity contribution in [3.63, 3.8) is 0 Å². The van der Waals surface area contributed by atoms with E-state index in [9.17, 15) is 15.8 Å². The molecule has 0 unspecified atom stereocenters. The zero-order valence-electron chi connectivity index (χ0n) is 26.9. The second-order valence-electron chi connectivity index (χ2n) is 12.5. The van der Waals surface area contributed by atoms with Crippen LogP contribution >= 0.6 is 0 Å². The summed E-state index contributed by atoms with van der Waals surface area (Å²) in [6.45, 7) is 0. The van der Waals surface area contributed by atoms with Gasteiger partial charge in [-0.25, -0.2) is 0 Å². The SMILES string of the molecule is N#Cc1ccc2c(c1)c1ccccc1n2-c1ccccc1-c1cccc(C#N)c1-c1cccc(-n2c3c(c4ccccc42)CCC=C3)c1C#N. The lowest BCUT2D eigenvalue weighted by Crippen LogP contribution is -2.04. The van der Waals surface area contributed by atoms with Crippen molar-refractivity contribution < 1.29 is 0 Å². The van der Waals surface area contributed by atoms with Crippen LogP contribution in [-0.2, 0) is 6.42 Å². The summed E-state index contributed by atoms with van der Waals surface area (Å²) in [5, 5.41) is 34.5. The first-order valence-electron chi connectivity index (χ1n) is 16.6. The molecule has 0 saturated heterocycles. The van der Waals surface area contributed by atoms with E-state index in [0.29, 0.717) is 27.8 Å². The van der Waals surface area contributed by atoms with Gasteiger partial charge in [0.15, 0.2) is 0 Å². The summed E-state index contributed by atoms with van der Waals surface area (Å²) in [6, 6.07) is 49.7. The minimum Gasteiger partial charge on any atom is -0.309 e. The van der Waals surface area contributed by atoms with Crippen molar-refractivity contribution in [1.29, 1.82) is 15.8 Å². The number of hydrogen-bond acceptors (Lipinski definition) is 3. The van der Waals surface area contributed by atoms with Crippen LogP contribution in [-0.4, -0.2) is 9.13 Å². The Morgan fingerprint density at radius 3 is 2.02 bits per heavy atom. The molecule has 0 saturated carbocycles. The van der Waals surface area contributed by atoms with E-state index in [2.05, 4.69) is 82.0 Å². The molecule has 0 amide bonds. The fourth-order valence-electron chi connectivity index (χ4n) is 7.86. The van der Waals surface area contributed by atoms with E-state index in [1.54, 1.807) is 0 Å². The molecule has 0 fully saturated rings. The third-order valence-electron chi connectivity index (χ3n) is 9.94. The molecule has 0 bridgehead atoms. The van der Waals surface area contributed by atoms with E-state index in [0.717, 1.165) is 68.4 Å². The van der Waals surface area contributed by atoms with Crippen molar-refractivity contribution in [2.45, 2.75) is 12.8 Å². The normalized spacial score (nSPS) is 12.1. The van der Waals surface area contributed by atoms with Gasteiger partial charge in [-0.05, 0) is 78.6 Å². The molecule has 2 aromatic heterocycles. The Morgan fingerprint density at radius 2 is 1.20 bits per heavy atom. The number of hydrogen-bond donors (Lipinski definition) is 0. The van der Waals surface area contributed by atoms with Crippen LogP contribution in [0.1, 0.15) is 34.4 Å². The van der Waals surface area contributed by atoms with Crippen LogP contribution in [0.5, 0.6) is 0 Å². The minimum absolute atomic E-state index is 0.492. The van der Waals surface area contributed by atoms with Gasteiger partial charge in [-0.2, -0.15) is 15.8 Å². The lowest BCUT2D eigenvalue weighted by atomic mass is 9.87. The first-order valence-corrected chi connectivity index (χ1v) is 16.6. The fourth-order valence-corrected chi connectivity index (χ4v) is 7.86. The smallest absolute Gasteiger partial charge is 0.102 e. The van der Waals surface area contributed by atoms with Gasteiger partial charge in [-0.15, -0.1) is 0 Å². The molecule has 232 valence electrons. The number of benzene rings is 6. The van der Waals surface area contributed by atoms with Gasteiger partial charge >= 0.3 is 0 Å². The highest BCUT2D eigenvalue weighted by Gasteiger charge is 2.25. The molecule has 0 atom stereocenters. The van der Waals surface area contributed by atoms with E-state index < -0.39 is 0 Å². The summed E-state index contributed by atoms with van der Waals surface area (Å²) in [5.41, 5.74) is 12.0. The highest BCUT2D eigenvalue weighted by molar-refractivity contribution is 6.10. The standard InChI is InChI=1S/C45H27N5/c46-26-29-23-24-44-37(25-29)34-15-4-8-21-42(34)50(44)41-20-7-3-14-33(41)35-16-9-11-30(27-47)45(35)36-17-10-22-43(38(36)28-48)49-39-18-5-1-12-31(39)32-13-2-6-19-40(32)49/h1,3-12,14-25H,2,13H2. The maximum absolute atomic E-state index is 11.0. The molecule has 0 spiro atoms. The van der Waals surface area contributed by atoms with E-state index in [-0.39, 0.29) is 0 Å². The highest BCUT2D eigenvalue weighted by atomic mass is 15.0. The summed E-state index contributed by atoms with van der Waals surface area (Å²) < 4.78 is 4.44. The lowest BCUT2D eigenvalue weighted by Gasteiger charge is -2.20. The van der Waals surface area contributed by atoms with Crippen LogP contribution in [0, 0.1) is 34.0 Å². The van der Waals surface area contributed by atoms with Gasteiger partial charge in [-0.1, -0.05) is 84.9 Å². The summed E-state index contributed by atoms with van der Waals surface area (Å²) >= 11 is 0. The Kier molecular flexibility index (Phi) is 6.70. The summed E-state index contributed by atoms with van der Waals surface area (Å²) in [6.07, 6.45) is 6.29. The van der Waals surface area contributed by atoms with Crippen molar-refractivity contribution in [1.82, 2.24) is 9.13 Å². The Bertz CT molecular complexity index is 2860. The molecule has 50 heavy (non-hydrogen) atoms. The second-order valence-corrected chi connectivity index (χ2v) is 12.5. The highest BCUT2D eigenvalue weighted by Crippen LogP contribution is 2.43. The molecule has 8 aromatic rings. The molecule has 1 aliphatic rings. The average molecular weight is 638 g/mol. The maximum Gasteiger partial charge on any atom is 0.102 e. The largest absolute Gasteiger partial charge is 0.309 e. The first-order chi connectivity index (χ1) is 24.7. The molecule has 1 aliphatic carbocycles. The van der Waals surface area contributed by atoms with E-state index in [1.807, 2.05) is 84.9 Å². The molecule has 9 rings (SSSR count). The van der Waals surface area contributed by atoms with E-state index >= 15 is 0 Å². The molecule has 0 aliphatic heterocycles. The lowest BCUT2D eigenvalue weighted by molar-refractivity contribution is 0.966. The monoisotopic (exact) mass is 637 g/mol. The number of fused-ring (bicyclic) bond motifs is 6. The zero-order valence-corrected chi connectivity index (χ0v) is 26.9. The van der Waals surface area contributed by atoms with Crippen LogP contribution in [0.15, 0.2) is 133 Å². The van der Waals surface area contributed by atoms with Crippen molar-refractivity contribution in [2.24, 2.45) is 0 Å². The van der Waals surface area contributed by atoms with Gasteiger partial charge in [0, 0.05) is 38.5 Å². The van der Waals surface area contributed by atoms with Crippen LogP contribution < -0.4 is 0 Å². The summed E-state index contributed by atoms with van der Waals surface area (Å²) in [5.74, 6) is 0. The third-order valence-corrected chi connectivity index (χ3v) is 9.94. The van der Waals surface area contributed by atoms with Crippen LogP contribution in [0.25, 0.3) is 72.4 Å². The fraction of sp³-hybridized carbons (Fsp3) is 0.0444. The summed E-state index contributed by atoms with van der Waals surface area (Å²) in [7, 11) is 0. The average Bonchev–Trinajstić information content (AvgIpc) is 3.69.